The minimum Gasteiger partial charge on any atom is -0.454 e. The summed E-state index contributed by atoms with van der Waals surface area (Å²) in [6.07, 6.45) is 3.47. The number of piperazine rings is 1. The Labute approximate surface area is 236 Å². The zero-order valence-electron chi connectivity index (χ0n) is 22.4. The Balaban J connectivity index is 1.17. The van der Waals surface area contributed by atoms with Crippen molar-refractivity contribution >= 4 is 34.4 Å². The van der Waals surface area contributed by atoms with Crippen molar-refractivity contribution in [3.05, 3.63) is 64.8 Å². The first-order valence-electron chi connectivity index (χ1n) is 13.5. The fraction of sp³-hybridized carbons (Fsp3) is 0.345. The van der Waals surface area contributed by atoms with Crippen LogP contribution in [0.15, 0.2) is 53.1 Å². The molecule has 2 aliphatic heterocycles. The number of rotatable bonds is 9. The van der Waals surface area contributed by atoms with Crippen LogP contribution in [0.3, 0.4) is 0 Å². The van der Waals surface area contributed by atoms with Crippen LogP contribution in [-0.4, -0.2) is 82.7 Å². The minimum absolute atomic E-state index is 0.208. The summed E-state index contributed by atoms with van der Waals surface area (Å²) >= 11 is 1.62. The van der Waals surface area contributed by atoms with E-state index in [1.807, 2.05) is 30.5 Å². The van der Waals surface area contributed by atoms with Gasteiger partial charge in [0.05, 0.1) is 24.1 Å². The third kappa shape index (κ3) is 5.59. The van der Waals surface area contributed by atoms with E-state index in [9.17, 15) is 4.79 Å². The Morgan fingerprint density at radius 1 is 1.12 bits per heavy atom. The van der Waals surface area contributed by atoms with Gasteiger partial charge in [0.25, 0.3) is 5.91 Å². The molecular formula is C29H32N6O4S. The number of carbonyl (C=O) groups is 1. The molecule has 1 amide bonds. The van der Waals surface area contributed by atoms with Crippen molar-refractivity contribution < 1.29 is 19.4 Å². The highest BCUT2D eigenvalue weighted by molar-refractivity contribution is 7.13. The summed E-state index contributed by atoms with van der Waals surface area (Å²) < 4.78 is 12.8. The Morgan fingerprint density at radius 3 is 2.77 bits per heavy atom. The molecular weight excluding hydrogens is 528 g/mol. The molecule has 1 saturated heterocycles. The van der Waals surface area contributed by atoms with E-state index in [1.54, 1.807) is 17.6 Å². The first-order chi connectivity index (χ1) is 19.6. The van der Waals surface area contributed by atoms with E-state index in [1.165, 1.54) is 0 Å². The third-order valence-electron chi connectivity index (χ3n) is 7.31. The van der Waals surface area contributed by atoms with Gasteiger partial charge in [-0.3, -0.25) is 14.6 Å². The lowest BCUT2D eigenvalue weighted by atomic mass is 10.1. The molecule has 0 unspecified atom stereocenters. The lowest BCUT2D eigenvalue weighted by molar-refractivity contribution is 0.0956. The van der Waals surface area contributed by atoms with Crippen LogP contribution in [0.25, 0.3) is 21.5 Å². The number of thiazole rings is 1. The Kier molecular flexibility index (Phi) is 7.78. The summed E-state index contributed by atoms with van der Waals surface area (Å²) in [6.45, 7) is 8.65. The molecule has 0 radical (unpaired) electrons. The molecule has 0 bridgehead atoms. The van der Waals surface area contributed by atoms with E-state index in [4.69, 9.17) is 19.6 Å². The van der Waals surface area contributed by atoms with Crippen LogP contribution in [0.5, 0.6) is 11.5 Å². The van der Waals surface area contributed by atoms with Gasteiger partial charge in [0, 0.05) is 73.9 Å². The summed E-state index contributed by atoms with van der Waals surface area (Å²) in [6, 6.07) is 11.7. The molecule has 0 atom stereocenters. The summed E-state index contributed by atoms with van der Waals surface area (Å²) in [5, 5.41) is 17.3. The maximum absolute atomic E-state index is 13.2. The minimum atomic E-state index is -0.272. The van der Waals surface area contributed by atoms with Crippen LogP contribution in [0.2, 0.25) is 0 Å². The van der Waals surface area contributed by atoms with Crippen LogP contribution in [-0.2, 0) is 13.1 Å². The topological polar surface area (TPSA) is 104 Å². The zero-order chi connectivity index (χ0) is 27.5. The van der Waals surface area contributed by atoms with Gasteiger partial charge < -0.3 is 19.1 Å². The molecule has 40 heavy (non-hydrogen) atoms. The number of β-amino-alcohol motifs (C(OH)–C–C–N with tert-alkyl or cyclic N) is 1. The van der Waals surface area contributed by atoms with Gasteiger partial charge in [0.15, 0.2) is 11.5 Å². The highest BCUT2D eigenvalue weighted by Crippen LogP contribution is 2.32. The monoisotopic (exact) mass is 560 g/mol. The second kappa shape index (κ2) is 11.8. The van der Waals surface area contributed by atoms with Crippen LogP contribution >= 0.6 is 11.3 Å². The largest absolute Gasteiger partial charge is 0.454 e. The smallest absolute Gasteiger partial charge is 0.273 e. The first-order valence-corrected chi connectivity index (χ1v) is 14.4. The lowest BCUT2D eigenvalue weighted by Gasteiger charge is -2.33. The maximum Gasteiger partial charge on any atom is 0.273 e. The first kappa shape index (κ1) is 26.5. The number of aliphatic hydroxyl groups is 1. The highest BCUT2D eigenvalue weighted by atomic mass is 32.1. The van der Waals surface area contributed by atoms with Crippen LogP contribution in [0.1, 0.15) is 28.5 Å². The molecule has 10 nitrogen and oxygen atoms in total. The molecule has 2 aromatic carbocycles. The number of hydrogen-bond acceptors (Lipinski definition) is 9. The van der Waals surface area contributed by atoms with Crippen molar-refractivity contribution in [1.29, 1.82) is 0 Å². The van der Waals surface area contributed by atoms with Crippen LogP contribution in [0.4, 0.5) is 0 Å². The predicted octanol–water partition coefficient (Wildman–Crippen LogP) is 3.39. The number of carbonyl (C=O) groups excluding carboxylic acids is 1. The van der Waals surface area contributed by atoms with Crippen LogP contribution in [0, 0.1) is 0 Å². The normalized spacial score (nSPS) is 15.8. The van der Waals surface area contributed by atoms with E-state index in [0.29, 0.717) is 17.1 Å². The number of aliphatic hydroxyl groups excluding tert-OH is 1. The van der Waals surface area contributed by atoms with Gasteiger partial charge in [-0.2, -0.15) is 5.10 Å². The maximum atomic E-state index is 13.2. The third-order valence-corrected chi connectivity index (χ3v) is 8.25. The molecule has 208 valence electrons. The SMILES string of the molecule is CCn1cc(C(=O)N/N=C/c2ccc3c(c2)OCO3)c2cc(-c3nc(CN4CCN(CCO)CC4)cs3)ccc21. The van der Waals surface area contributed by atoms with E-state index < -0.39 is 0 Å². The summed E-state index contributed by atoms with van der Waals surface area (Å²) in [5.74, 6) is 1.10. The van der Waals surface area contributed by atoms with Crippen molar-refractivity contribution in [1.82, 2.24) is 24.8 Å². The second-order valence-corrected chi connectivity index (χ2v) is 10.7. The van der Waals surface area contributed by atoms with Crippen molar-refractivity contribution in [2.75, 3.05) is 46.1 Å². The molecule has 2 aromatic heterocycles. The predicted molar refractivity (Wildman–Crippen MR) is 155 cm³/mol. The molecule has 0 saturated carbocycles. The van der Waals surface area contributed by atoms with E-state index in [0.717, 1.165) is 78.5 Å². The number of aryl methyl sites for hydroxylation is 1. The fourth-order valence-electron chi connectivity index (χ4n) is 5.15. The van der Waals surface area contributed by atoms with Crippen LogP contribution < -0.4 is 14.9 Å². The zero-order valence-corrected chi connectivity index (χ0v) is 23.2. The molecule has 6 rings (SSSR count). The van der Waals surface area contributed by atoms with Crippen molar-refractivity contribution in [2.24, 2.45) is 5.10 Å². The number of fused-ring (bicyclic) bond motifs is 2. The Morgan fingerprint density at radius 2 is 1.95 bits per heavy atom. The fourth-order valence-corrected chi connectivity index (χ4v) is 5.95. The Bertz CT molecular complexity index is 1540. The van der Waals surface area contributed by atoms with Gasteiger partial charge in [-0.1, -0.05) is 0 Å². The molecule has 0 spiro atoms. The molecule has 2 N–H and O–H groups in total. The van der Waals surface area contributed by atoms with E-state index in [2.05, 4.69) is 49.3 Å². The average Bonchev–Trinajstić information content (AvgIpc) is 3.72. The van der Waals surface area contributed by atoms with Gasteiger partial charge in [-0.15, -0.1) is 11.3 Å². The molecule has 1 fully saturated rings. The van der Waals surface area contributed by atoms with Crippen molar-refractivity contribution in [2.45, 2.75) is 20.0 Å². The van der Waals surface area contributed by atoms with Gasteiger partial charge in [-0.05, 0) is 48.9 Å². The number of amides is 1. The molecule has 0 aliphatic carbocycles. The Hall–Kier alpha value is -3.77. The molecule has 2 aliphatic rings. The number of nitrogens with one attached hydrogen (secondary N) is 1. The van der Waals surface area contributed by atoms with Gasteiger partial charge in [-0.25, -0.2) is 10.4 Å². The lowest BCUT2D eigenvalue weighted by Crippen LogP contribution is -2.46. The number of aromatic nitrogens is 2. The highest BCUT2D eigenvalue weighted by Gasteiger charge is 2.19. The average molecular weight is 561 g/mol. The quantitative estimate of drug-likeness (QED) is 0.239. The summed E-state index contributed by atoms with van der Waals surface area (Å²) in [5.41, 5.74) is 7.08. The summed E-state index contributed by atoms with van der Waals surface area (Å²) in [7, 11) is 0. The molecule has 4 heterocycles. The van der Waals surface area contributed by atoms with Crippen molar-refractivity contribution in [3.63, 3.8) is 0 Å². The molecule has 11 heteroatoms. The second-order valence-electron chi connectivity index (χ2n) is 9.86. The van der Waals surface area contributed by atoms with E-state index >= 15 is 0 Å². The van der Waals surface area contributed by atoms with Crippen molar-refractivity contribution in [3.8, 4) is 22.1 Å². The van der Waals surface area contributed by atoms with E-state index in [-0.39, 0.29) is 19.3 Å². The van der Waals surface area contributed by atoms with Gasteiger partial charge in [0.2, 0.25) is 6.79 Å². The van der Waals surface area contributed by atoms with Gasteiger partial charge in [0.1, 0.15) is 5.01 Å². The molecule has 4 aromatic rings. The summed E-state index contributed by atoms with van der Waals surface area (Å²) in [4.78, 5) is 22.8. The number of hydrogen-bond donors (Lipinski definition) is 2. The number of benzene rings is 2. The number of ether oxygens (including phenoxy) is 2. The number of nitrogens with zero attached hydrogens (tertiary/aromatic N) is 5. The standard InChI is InChI=1S/C29H32N6O4S/c1-2-35-17-24(28(37)32-30-15-20-3-6-26-27(13-20)39-19-38-26)23-14-21(4-5-25(23)35)29-31-22(18-40-29)16-34-9-7-33(8-10-34)11-12-36/h3-6,13-15,17-18,36H,2,7-12,16,19H2,1H3,(H,32,37)/b30-15+. The van der Waals surface area contributed by atoms with Gasteiger partial charge >= 0.3 is 0 Å². The number of hydrazone groups is 1.